The fraction of sp³-hybridized carbons (Fsp3) is 0.200. The van der Waals surface area contributed by atoms with E-state index in [4.69, 9.17) is 0 Å². The molecule has 0 radical (unpaired) electrons. The van der Waals surface area contributed by atoms with Gasteiger partial charge < -0.3 is 0 Å². The van der Waals surface area contributed by atoms with Crippen molar-refractivity contribution in [1.29, 1.82) is 0 Å². The third-order valence-corrected chi connectivity index (χ3v) is 3.10. The molecule has 0 aromatic heterocycles. The Morgan fingerprint density at radius 1 is 1.31 bits per heavy atom. The van der Waals surface area contributed by atoms with Gasteiger partial charge in [-0.2, -0.15) is 0 Å². The molecule has 0 aliphatic rings. The number of nitro groups is 1. The number of rotatable bonds is 3. The van der Waals surface area contributed by atoms with Crippen molar-refractivity contribution in [2.24, 2.45) is 0 Å². The molecule has 0 saturated heterocycles. The molecule has 0 atom stereocenters. The maximum absolute atomic E-state index is 11.2. The van der Waals surface area contributed by atoms with Crippen LogP contribution in [0.1, 0.15) is 12.5 Å². The summed E-state index contributed by atoms with van der Waals surface area (Å²) in [4.78, 5) is 10.1. The normalized spacial score (nSPS) is 12.5. The van der Waals surface area contributed by atoms with Gasteiger partial charge >= 0.3 is 0 Å². The second-order valence-electron chi connectivity index (χ2n) is 3.38. The van der Waals surface area contributed by atoms with E-state index in [1.54, 1.807) is 0 Å². The highest BCUT2D eigenvalue weighted by Gasteiger charge is 2.06. The molecule has 0 aliphatic carbocycles. The summed E-state index contributed by atoms with van der Waals surface area (Å²) in [6.45, 7) is 1.38. The fourth-order valence-electron chi connectivity index (χ4n) is 1.11. The molecule has 1 rings (SSSR count). The predicted octanol–water partition coefficient (Wildman–Crippen LogP) is 1.73. The summed E-state index contributed by atoms with van der Waals surface area (Å²) in [6.07, 6.45) is 2.49. The molecule has 1 aromatic rings. The van der Waals surface area contributed by atoms with Crippen molar-refractivity contribution >= 4 is 15.9 Å². The average molecular weight is 241 g/mol. The molecule has 0 N–H and O–H groups in total. The molecule has 0 saturated carbocycles. The van der Waals surface area contributed by atoms with Crippen LogP contribution in [0.15, 0.2) is 34.9 Å². The zero-order valence-corrected chi connectivity index (χ0v) is 9.69. The standard InChI is InChI=1S/C10H11NO4S/c1-8(11(12)13)7-9-3-5-10(6-4-9)16(2,14)15/h3-7H,1-2H3. The van der Waals surface area contributed by atoms with Crippen LogP contribution < -0.4 is 0 Å². The summed E-state index contributed by atoms with van der Waals surface area (Å²) in [6, 6.07) is 5.91. The number of allylic oxidation sites excluding steroid dienone is 1. The molecular weight excluding hydrogens is 230 g/mol. The smallest absolute Gasteiger partial charge is 0.243 e. The zero-order valence-electron chi connectivity index (χ0n) is 8.88. The summed E-state index contributed by atoms with van der Waals surface area (Å²) in [5.74, 6) is 0. The molecule has 6 heteroatoms. The van der Waals surface area contributed by atoms with E-state index in [0.29, 0.717) is 5.56 Å². The maximum Gasteiger partial charge on any atom is 0.243 e. The van der Waals surface area contributed by atoms with Crippen molar-refractivity contribution in [1.82, 2.24) is 0 Å². The van der Waals surface area contributed by atoms with Gasteiger partial charge in [0.25, 0.3) is 0 Å². The van der Waals surface area contributed by atoms with E-state index in [-0.39, 0.29) is 10.6 Å². The highest BCUT2D eigenvalue weighted by atomic mass is 32.2. The molecule has 0 fully saturated rings. The van der Waals surface area contributed by atoms with Gasteiger partial charge in [-0.3, -0.25) is 10.1 Å². The van der Waals surface area contributed by atoms with Gasteiger partial charge in [-0.25, -0.2) is 8.42 Å². The quantitative estimate of drug-likeness (QED) is 0.596. The molecule has 0 spiro atoms. The first-order valence-electron chi connectivity index (χ1n) is 4.43. The van der Waals surface area contributed by atoms with E-state index in [9.17, 15) is 18.5 Å². The van der Waals surface area contributed by atoms with Crippen molar-refractivity contribution < 1.29 is 13.3 Å². The Hall–Kier alpha value is -1.69. The Balaban J connectivity index is 3.06. The van der Waals surface area contributed by atoms with Crippen LogP contribution in [0.5, 0.6) is 0 Å². The molecule has 0 unspecified atom stereocenters. The van der Waals surface area contributed by atoms with Crippen LogP contribution >= 0.6 is 0 Å². The molecule has 86 valence electrons. The van der Waals surface area contributed by atoms with Gasteiger partial charge in [0, 0.05) is 19.3 Å². The minimum Gasteiger partial charge on any atom is -0.259 e. The van der Waals surface area contributed by atoms with E-state index >= 15 is 0 Å². The Labute approximate surface area is 93.5 Å². The molecular formula is C10H11NO4S. The van der Waals surface area contributed by atoms with Gasteiger partial charge in [0.1, 0.15) is 0 Å². The number of sulfone groups is 1. The van der Waals surface area contributed by atoms with Gasteiger partial charge in [0.2, 0.25) is 5.70 Å². The van der Waals surface area contributed by atoms with Crippen molar-refractivity contribution in [3.05, 3.63) is 45.6 Å². The van der Waals surface area contributed by atoms with Crippen LogP contribution in [0.4, 0.5) is 0 Å². The van der Waals surface area contributed by atoms with Crippen LogP contribution in [-0.4, -0.2) is 19.6 Å². The number of benzene rings is 1. The number of hydrogen-bond donors (Lipinski definition) is 0. The monoisotopic (exact) mass is 241 g/mol. The summed E-state index contributed by atoms with van der Waals surface area (Å²) in [5.41, 5.74) is 0.605. The highest BCUT2D eigenvalue weighted by molar-refractivity contribution is 7.90. The van der Waals surface area contributed by atoms with Crippen LogP contribution in [0.3, 0.4) is 0 Å². The lowest BCUT2D eigenvalue weighted by Gasteiger charge is -1.98. The SMILES string of the molecule is CC(=Cc1ccc(S(C)(=O)=O)cc1)[N+](=O)[O-]. The van der Waals surface area contributed by atoms with E-state index in [2.05, 4.69) is 0 Å². The average Bonchev–Trinajstić information content (AvgIpc) is 2.17. The lowest BCUT2D eigenvalue weighted by atomic mass is 10.2. The van der Waals surface area contributed by atoms with Crippen molar-refractivity contribution in [2.75, 3.05) is 6.26 Å². The summed E-state index contributed by atoms with van der Waals surface area (Å²) < 4.78 is 22.3. The minimum absolute atomic E-state index is 0.00658. The third kappa shape index (κ3) is 3.16. The molecule has 1 aromatic carbocycles. The Bertz CT molecular complexity index is 528. The molecule has 16 heavy (non-hydrogen) atoms. The van der Waals surface area contributed by atoms with Gasteiger partial charge in [-0.1, -0.05) is 12.1 Å². The summed E-state index contributed by atoms with van der Waals surface area (Å²) in [5, 5.41) is 10.4. The van der Waals surface area contributed by atoms with Crippen molar-refractivity contribution in [3.8, 4) is 0 Å². The minimum atomic E-state index is -3.22. The first kappa shape index (κ1) is 12.4. The number of hydrogen-bond acceptors (Lipinski definition) is 4. The molecule has 0 bridgehead atoms. The third-order valence-electron chi connectivity index (χ3n) is 1.97. The Morgan fingerprint density at radius 2 is 1.81 bits per heavy atom. The fourth-order valence-corrected chi connectivity index (χ4v) is 1.74. The maximum atomic E-state index is 11.2. The second kappa shape index (κ2) is 4.44. The van der Waals surface area contributed by atoms with Crippen LogP contribution in [0.25, 0.3) is 6.08 Å². The Kier molecular flexibility index (Phi) is 3.44. The predicted molar refractivity (Wildman–Crippen MR) is 60.2 cm³/mol. The lowest BCUT2D eigenvalue weighted by Crippen LogP contribution is -1.96. The largest absolute Gasteiger partial charge is 0.259 e. The molecule has 0 heterocycles. The van der Waals surface area contributed by atoms with Gasteiger partial charge in [-0.05, 0) is 17.7 Å². The van der Waals surface area contributed by atoms with Gasteiger partial charge in [0.05, 0.1) is 9.82 Å². The molecule has 0 amide bonds. The van der Waals surface area contributed by atoms with Gasteiger partial charge in [-0.15, -0.1) is 0 Å². The Morgan fingerprint density at radius 3 is 2.19 bits per heavy atom. The van der Waals surface area contributed by atoms with Crippen molar-refractivity contribution in [3.63, 3.8) is 0 Å². The van der Waals surface area contributed by atoms with Crippen LogP contribution in [-0.2, 0) is 9.84 Å². The topological polar surface area (TPSA) is 77.3 Å². The molecule has 5 nitrogen and oxygen atoms in total. The molecule has 0 aliphatic heterocycles. The van der Waals surface area contributed by atoms with E-state index in [1.165, 1.54) is 37.3 Å². The summed E-state index contributed by atoms with van der Waals surface area (Å²) >= 11 is 0. The van der Waals surface area contributed by atoms with Gasteiger partial charge in [0.15, 0.2) is 9.84 Å². The first-order valence-corrected chi connectivity index (χ1v) is 6.32. The zero-order chi connectivity index (χ0) is 12.3. The summed E-state index contributed by atoms with van der Waals surface area (Å²) in [7, 11) is -3.22. The van der Waals surface area contributed by atoms with Crippen LogP contribution in [0, 0.1) is 10.1 Å². The lowest BCUT2D eigenvalue weighted by molar-refractivity contribution is -0.422. The van der Waals surface area contributed by atoms with E-state index in [1.807, 2.05) is 0 Å². The van der Waals surface area contributed by atoms with Crippen molar-refractivity contribution in [2.45, 2.75) is 11.8 Å². The first-order chi connectivity index (χ1) is 7.30. The highest BCUT2D eigenvalue weighted by Crippen LogP contribution is 2.12. The number of nitrogens with zero attached hydrogens (tertiary/aromatic N) is 1. The second-order valence-corrected chi connectivity index (χ2v) is 5.40. The van der Waals surface area contributed by atoms with E-state index in [0.717, 1.165) is 6.26 Å². The van der Waals surface area contributed by atoms with Crippen LogP contribution in [0.2, 0.25) is 0 Å². The van der Waals surface area contributed by atoms with E-state index < -0.39 is 14.8 Å².